The summed E-state index contributed by atoms with van der Waals surface area (Å²) in [4.78, 5) is 11.1. The van der Waals surface area contributed by atoms with E-state index in [-0.39, 0.29) is 18.0 Å². The molecule has 4 nitrogen and oxygen atoms in total. The molecule has 0 aliphatic carbocycles. The molecule has 0 fully saturated rings. The Labute approximate surface area is 103 Å². The van der Waals surface area contributed by atoms with Gasteiger partial charge in [0.05, 0.1) is 11.3 Å². The van der Waals surface area contributed by atoms with Crippen molar-refractivity contribution >= 4 is 5.78 Å². The van der Waals surface area contributed by atoms with Gasteiger partial charge in [-0.15, -0.1) is 0 Å². The maximum atomic E-state index is 13.5. The summed E-state index contributed by atoms with van der Waals surface area (Å²) >= 11 is 0. The Morgan fingerprint density at radius 3 is 2.78 bits per heavy atom. The number of halogens is 1. The molecule has 0 aliphatic heterocycles. The number of aryl methyl sites for hydroxylation is 1. The van der Waals surface area contributed by atoms with Gasteiger partial charge < -0.3 is 9.26 Å². The summed E-state index contributed by atoms with van der Waals surface area (Å²) in [6, 6.07) is 5.86. The quantitative estimate of drug-likeness (QED) is 0.782. The summed E-state index contributed by atoms with van der Waals surface area (Å²) in [6.45, 7) is 3.28. The van der Waals surface area contributed by atoms with E-state index in [1.54, 1.807) is 19.1 Å². The second-order valence-electron chi connectivity index (χ2n) is 3.92. The average Bonchev–Trinajstić information content (AvgIpc) is 2.72. The van der Waals surface area contributed by atoms with Crippen LogP contribution in [0.1, 0.15) is 28.7 Å². The molecule has 0 aliphatic rings. The number of ketones is 1. The first-order chi connectivity index (χ1) is 8.56. The van der Waals surface area contributed by atoms with Crippen LogP contribution in [0.4, 0.5) is 4.39 Å². The minimum atomic E-state index is -0.589. The van der Waals surface area contributed by atoms with Crippen LogP contribution in [0.15, 0.2) is 28.8 Å². The first-order valence-electron chi connectivity index (χ1n) is 5.42. The van der Waals surface area contributed by atoms with E-state index in [2.05, 4.69) is 5.16 Å². The van der Waals surface area contributed by atoms with Crippen molar-refractivity contribution in [1.29, 1.82) is 0 Å². The van der Waals surface area contributed by atoms with Gasteiger partial charge >= 0.3 is 0 Å². The Morgan fingerprint density at radius 2 is 2.22 bits per heavy atom. The van der Waals surface area contributed by atoms with Crippen LogP contribution in [-0.4, -0.2) is 10.9 Å². The molecule has 0 unspecified atom stereocenters. The largest absolute Gasteiger partial charge is 0.485 e. The molecule has 0 amide bonds. The summed E-state index contributed by atoms with van der Waals surface area (Å²) in [5.74, 6) is -0.00577. The summed E-state index contributed by atoms with van der Waals surface area (Å²) in [6.07, 6.45) is 0. The van der Waals surface area contributed by atoms with E-state index in [9.17, 15) is 9.18 Å². The van der Waals surface area contributed by atoms with Gasteiger partial charge in [-0.25, -0.2) is 4.39 Å². The van der Waals surface area contributed by atoms with E-state index < -0.39 is 5.82 Å². The Bertz CT molecular complexity index is 577. The lowest BCUT2D eigenvalue weighted by atomic mass is 10.1. The number of hydrogen-bond donors (Lipinski definition) is 0. The fourth-order valence-electron chi connectivity index (χ4n) is 1.51. The highest BCUT2D eigenvalue weighted by Crippen LogP contribution is 2.18. The molecule has 0 spiro atoms. The molecule has 2 aromatic rings. The summed E-state index contributed by atoms with van der Waals surface area (Å²) in [5, 5.41) is 3.71. The van der Waals surface area contributed by atoms with Crippen molar-refractivity contribution in [2.75, 3.05) is 0 Å². The van der Waals surface area contributed by atoms with Crippen molar-refractivity contribution in [3.63, 3.8) is 0 Å². The van der Waals surface area contributed by atoms with Gasteiger partial charge in [-0.3, -0.25) is 4.79 Å². The zero-order valence-corrected chi connectivity index (χ0v) is 10.1. The van der Waals surface area contributed by atoms with Gasteiger partial charge in [0.15, 0.2) is 11.5 Å². The molecule has 94 valence electrons. The Hall–Kier alpha value is -2.17. The third kappa shape index (κ3) is 2.74. The molecule has 18 heavy (non-hydrogen) atoms. The van der Waals surface area contributed by atoms with Gasteiger partial charge in [-0.2, -0.15) is 0 Å². The average molecular weight is 249 g/mol. The lowest BCUT2D eigenvalue weighted by Gasteiger charge is -2.05. The lowest BCUT2D eigenvalue weighted by molar-refractivity contribution is 0.101. The van der Waals surface area contributed by atoms with Gasteiger partial charge in [0.25, 0.3) is 0 Å². The smallest absolute Gasteiger partial charge is 0.174 e. The Balaban J connectivity index is 2.06. The highest BCUT2D eigenvalue weighted by atomic mass is 19.1. The predicted molar refractivity (Wildman–Crippen MR) is 62.0 cm³/mol. The predicted octanol–water partition coefficient (Wildman–Crippen LogP) is 2.90. The number of carbonyl (C=O) groups is 1. The summed E-state index contributed by atoms with van der Waals surface area (Å²) < 4.78 is 23.8. The minimum absolute atomic E-state index is 0.0536. The molecule has 1 aromatic carbocycles. The van der Waals surface area contributed by atoms with Crippen molar-refractivity contribution in [3.05, 3.63) is 47.1 Å². The Morgan fingerprint density at radius 1 is 1.44 bits per heavy atom. The van der Waals surface area contributed by atoms with E-state index in [1.165, 1.54) is 19.1 Å². The van der Waals surface area contributed by atoms with Crippen LogP contribution in [0.2, 0.25) is 0 Å². The van der Waals surface area contributed by atoms with Gasteiger partial charge in [0.1, 0.15) is 18.2 Å². The molecule has 0 bridgehead atoms. The number of nitrogens with zero attached hydrogens (tertiary/aromatic N) is 1. The second-order valence-corrected chi connectivity index (χ2v) is 3.92. The highest BCUT2D eigenvalue weighted by Gasteiger charge is 2.09. The van der Waals surface area contributed by atoms with Crippen LogP contribution < -0.4 is 4.74 Å². The van der Waals surface area contributed by atoms with Gasteiger partial charge in [-0.1, -0.05) is 5.16 Å². The van der Waals surface area contributed by atoms with Crippen LogP contribution in [0.25, 0.3) is 0 Å². The summed E-state index contributed by atoms with van der Waals surface area (Å²) in [5.41, 5.74) is 0.810. The molecule has 0 saturated heterocycles. The molecule has 1 heterocycles. The van der Waals surface area contributed by atoms with Crippen molar-refractivity contribution in [2.24, 2.45) is 0 Å². The van der Waals surface area contributed by atoms with Crippen LogP contribution in [0.5, 0.6) is 5.75 Å². The van der Waals surface area contributed by atoms with Crippen LogP contribution in [-0.2, 0) is 6.61 Å². The third-order valence-corrected chi connectivity index (χ3v) is 2.38. The summed E-state index contributed by atoms with van der Waals surface area (Å²) in [7, 11) is 0. The zero-order chi connectivity index (χ0) is 13.1. The van der Waals surface area contributed by atoms with Gasteiger partial charge in [-0.05, 0) is 26.0 Å². The molecule has 0 N–H and O–H groups in total. The van der Waals surface area contributed by atoms with E-state index >= 15 is 0 Å². The van der Waals surface area contributed by atoms with Crippen molar-refractivity contribution in [3.8, 4) is 5.75 Å². The first-order valence-corrected chi connectivity index (χ1v) is 5.42. The Kier molecular flexibility index (Phi) is 3.41. The number of Topliss-reactive ketones (excluding diaryl/α,β-unsaturated/α-hetero) is 1. The van der Waals surface area contributed by atoms with Gasteiger partial charge in [0, 0.05) is 12.1 Å². The van der Waals surface area contributed by atoms with Crippen LogP contribution in [0, 0.1) is 12.7 Å². The number of carbonyl (C=O) groups excluding carboxylic acids is 1. The fourth-order valence-corrected chi connectivity index (χ4v) is 1.51. The van der Waals surface area contributed by atoms with Crippen molar-refractivity contribution in [1.82, 2.24) is 5.16 Å². The maximum absolute atomic E-state index is 13.5. The molecular formula is C13H12FNO3. The topological polar surface area (TPSA) is 52.3 Å². The zero-order valence-electron chi connectivity index (χ0n) is 10.1. The molecular weight excluding hydrogens is 237 g/mol. The molecule has 2 rings (SSSR count). The standard InChI is InChI=1S/C13H12FNO3/c1-8-5-11(18-15-8)7-17-10-3-4-12(9(2)16)13(14)6-10/h3-6H,7H2,1-2H3. The van der Waals surface area contributed by atoms with Gasteiger partial charge in [0.2, 0.25) is 0 Å². The van der Waals surface area contributed by atoms with Crippen LogP contribution >= 0.6 is 0 Å². The van der Waals surface area contributed by atoms with E-state index in [4.69, 9.17) is 9.26 Å². The van der Waals surface area contributed by atoms with E-state index in [0.29, 0.717) is 11.5 Å². The number of hydrogen-bond acceptors (Lipinski definition) is 4. The number of rotatable bonds is 4. The SMILES string of the molecule is CC(=O)c1ccc(OCc2cc(C)no2)cc1F. The number of benzene rings is 1. The maximum Gasteiger partial charge on any atom is 0.174 e. The fraction of sp³-hybridized carbons (Fsp3) is 0.231. The first kappa shape index (κ1) is 12.3. The molecule has 5 heteroatoms. The molecule has 0 atom stereocenters. The second kappa shape index (κ2) is 5.00. The third-order valence-electron chi connectivity index (χ3n) is 2.38. The lowest BCUT2D eigenvalue weighted by Crippen LogP contribution is -1.99. The minimum Gasteiger partial charge on any atom is -0.485 e. The number of aromatic nitrogens is 1. The van der Waals surface area contributed by atoms with E-state index in [0.717, 1.165) is 5.69 Å². The van der Waals surface area contributed by atoms with Crippen LogP contribution in [0.3, 0.4) is 0 Å². The molecule has 1 aromatic heterocycles. The normalized spacial score (nSPS) is 10.4. The van der Waals surface area contributed by atoms with Crippen molar-refractivity contribution < 1.29 is 18.4 Å². The number of ether oxygens (including phenoxy) is 1. The highest BCUT2D eigenvalue weighted by molar-refractivity contribution is 5.94. The van der Waals surface area contributed by atoms with E-state index in [1.807, 2.05) is 0 Å². The molecule has 0 saturated carbocycles. The van der Waals surface area contributed by atoms with Crippen molar-refractivity contribution in [2.45, 2.75) is 20.5 Å². The monoisotopic (exact) mass is 249 g/mol. The molecule has 0 radical (unpaired) electrons.